The number of aryl methyl sites for hydroxylation is 1. The van der Waals surface area contributed by atoms with Gasteiger partial charge < -0.3 is 10.0 Å². The number of aromatic nitrogens is 4. The number of nitrogens with zero attached hydrogens (tertiary/aromatic N) is 6. The molecule has 112 valence electrons. The molecule has 8 heteroatoms. The van der Waals surface area contributed by atoms with Gasteiger partial charge in [-0.15, -0.1) is 10.2 Å². The van der Waals surface area contributed by atoms with E-state index < -0.39 is 5.97 Å². The first kappa shape index (κ1) is 13.7. The molecule has 0 amide bonds. The van der Waals surface area contributed by atoms with Crippen LogP contribution in [0.3, 0.4) is 0 Å². The van der Waals surface area contributed by atoms with Crippen molar-refractivity contribution in [2.75, 3.05) is 37.6 Å². The van der Waals surface area contributed by atoms with Crippen LogP contribution < -0.4 is 4.90 Å². The van der Waals surface area contributed by atoms with Crippen LogP contribution in [0.2, 0.25) is 0 Å². The molecular formula is C13H18N6O2. The number of carboxylic acid groups (broad SMARTS) is 1. The third-order valence-corrected chi connectivity index (χ3v) is 3.73. The molecular weight excluding hydrogens is 272 g/mol. The molecule has 0 aromatic carbocycles. The predicted molar refractivity (Wildman–Crippen MR) is 76.4 cm³/mol. The highest BCUT2D eigenvalue weighted by atomic mass is 16.4. The highest BCUT2D eigenvalue weighted by Gasteiger charge is 2.20. The van der Waals surface area contributed by atoms with Crippen molar-refractivity contribution in [1.29, 1.82) is 0 Å². The molecule has 0 atom stereocenters. The minimum absolute atomic E-state index is 0.0928. The van der Waals surface area contributed by atoms with E-state index in [2.05, 4.69) is 20.1 Å². The Balaban J connectivity index is 1.81. The fourth-order valence-corrected chi connectivity index (χ4v) is 2.68. The monoisotopic (exact) mass is 290 g/mol. The summed E-state index contributed by atoms with van der Waals surface area (Å²) in [7, 11) is 0. The van der Waals surface area contributed by atoms with E-state index in [4.69, 9.17) is 5.11 Å². The van der Waals surface area contributed by atoms with E-state index in [9.17, 15) is 4.79 Å². The van der Waals surface area contributed by atoms with Crippen LogP contribution >= 0.6 is 0 Å². The van der Waals surface area contributed by atoms with Crippen LogP contribution in [0, 0.1) is 6.92 Å². The van der Waals surface area contributed by atoms with Gasteiger partial charge in [0.15, 0.2) is 5.82 Å². The standard InChI is InChI=1S/C13H18N6O2/c1-10-15-16-13-12(14-3-6-19(10)13)18-5-2-4-17(7-8-18)9-11(20)21/h3,6H,2,4-5,7-9H2,1H3,(H,20,21). The summed E-state index contributed by atoms with van der Waals surface area (Å²) in [4.78, 5) is 19.4. The predicted octanol–water partition coefficient (Wildman–Crippen LogP) is 0.0294. The van der Waals surface area contributed by atoms with Crippen molar-refractivity contribution in [3.05, 3.63) is 18.2 Å². The first-order valence-electron chi connectivity index (χ1n) is 7.00. The summed E-state index contributed by atoms with van der Waals surface area (Å²) in [6, 6.07) is 0. The number of hydrogen-bond acceptors (Lipinski definition) is 6. The molecule has 2 aromatic heterocycles. The van der Waals surface area contributed by atoms with E-state index in [1.54, 1.807) is 6.20 Å². The summed E-state index contributed by atoms with van der Waals surface area (Å²) >= 11 is 0. The minimum atomic E-state index is -0.781. The van der Waals surface area contributed by atoms with Gasteiger partial charge in [-0.1, -0.05) is 0 Å². The fourth-order valence-electron chi connectivity index (χ4n) is 2.68. The largest absolute Gasteiger partial charge is 0.480 e. The number of aliphatic carboxylic acids is 1. The Labute approximate surface area is 122 Å². The van der Waals surface area contributed by atoms with Gasteiger partial charge in [0.1, 0.15) is 5.82 Å². The molecule has 1 aliphatic heterocycles. The van der Waals surface area contributed by atoms with Crippen LogP contribution in [0.4, 0.5) is 5.82 Å². The first-order valence-corrected chi connectivity index (χ1v) is 7.00. The van der Waals surface area contributed by atoms with Gasteiger partial charge in [0.05, 0.1) is 6.54 Å². The number of carboxylic acids is 1. The molecule has 3 heterocycles. The number of hydrogen-bond donors (Lipinski definition) is 1. The van der Waals surface area contributed by atoms with E-state index in [-0.39, 0.29) is 6.54 Å². The molecule has 0 radical (unpaired) electrons. The molecule has 0 saturated carbocycles. The van der Waals surface area contributed by atoms with E-state index in [1.165, 1.54) is 0 Å². The number of anilines is 1. The Morgan fingerprint density at radius 3 is 2.95 bits per heavy atom. The van der Waals surface area contributed by atoms with Gasteiger partial charge >= 0.3 is 5.97 Å². The summed E-state index contributed by atoms with van der Waals surface area (Å²) in [5.41, 5.74) is 0.752. The summed E-state index contributed by atoms with van der Waals surface area (Å²) in [6.07, 6.45) is 4.50. The highest BCUT2D eigenvalue weighted by molar-refractivity contribution is 5.69. The van der Waals surface area contributed by atoms with Crippen LogP contribution in [0.25, 0.3) is 5.65 Å². The Morgan fingerprint density at radius 2 is 2.14 bits per heavy atom. The summed E-state index contributed by atoms with van der Waals surface area (Å²) < 4.78 is 1.92. The first-order chi connectivity index (χ1) is 10.1. The Bertz CT molecular complexity index is 655. The topological polar surface area (TPSA) is 86.9 Å². The summed E-state index contributed by atoms with van der Waals surface area (Å²) in [6.45, 7) is 5.08. The molecule has 3 rings (SSSR count). The molecule has 1 fully saturated rings. The van der Waals surface area contributed by atoms with Crippen molar-refractivity contribution < 1.29 is 9.90 Å². The third-order valence-electron chi connectivity index (χ3n) is 3.73. The van der Waals surface area contributed by atoms with Crippen molar-refractivity contribution >= 4 is 17.4 Å². The number of rotatable bonds is 3. The molecule has 1 aliphatic rings. The van der Waals surface area contributed by atoms with Gasteiger partial charge in [-0.25, -0.2) is 4.98 Å². The van der Waals surface area contributed by atoms with Crippen molar-refractivity contribution in [1.82, 2.24) is 24.5 Å². The molecule has 0 aliphatic carbocycles. The molecule has 1 N–H and O–H groups in total. The second-order valence-corrected chi connectivity index (χ2v) is 5.20. The van der Waals surface area contributed by atoms with Gasteiger partial charge in [0.25, 0.3) is 0 Å². The average Bonchev–Trinajstić information content (AvgIpc) is 2.69. The Morgan fingerprint density at radius 1 is 1.29 bits per heavy atom. The van der Waals surface area contributed by atoms with Crippen molar-refractivity contribution in [2.24, 2.45) is 0 Å². The SMILES string of the molecule is Cc1nnc2c(N3CCCN(CC(=O)O)CC3)nccn12. The minimum Gasteiger partial charge on any atom is -0.480 e. The van der Waals surface area contributed by atoms with E-state index in [1.807, 2.05) is 22.4 Å². The van der Waals surface area contributed by atoms with Crippen LogP contribution in [-0.2, 0) is 4.79 Å². The van der Waals surface area contributed by atoms with Gasteiger partial charge in [-0.05, 0) is 13.3 Å². The average molecular weight is 290 g/mol. The smallest absolute Gasteiger partial charge is 0.317 e. The highest BCUT2D eigenvalue weighted by Crippen LogP contribution is 2.19. The van der Waals surface area contributed by atoms with Crippen molar-refractivity contribution in [2.45, 2.75) is 13.3 Å². The van der Waals surface area contributed by atoms with E-state index >= 15 is 0 Å². The normalized spacial score (nSPS) is 17.1. The van der Waals surface area contributed by atoms with Gasteiger partial charge in [0.2, 0.25) is 5.65 Å². The van der Waals surface area contributed by atoms with Crippen LogP contribution in [0.5, 0.6) is 0 Å². The summed E-state index contributed by atoms with van der Waals surface area (Å²) in [5, 5.41) is 17.2. The van der Waals surface area contributed by atoms with Gasteiger partial charge in [0, 0.05) is 38.6 Å². The molecule has 8 nitrogen and oxygen atoms in total. The maximum atomic E-state index is 10.8. The van der Waals surface area contributed by atoms with Gasteiger partial charge in [-0.3, -0.25) is 14.1 Å². The van der Waals surface area contributed by atoms with E-state index in [0.29, 0.717) is 6.54 Å². The molecule has 0 bridgehead atoms. The Kier molecular flexibility index (Phi) is 3.70. The number of carbonyl (C=O) groups is 1. The van der Waals surface area contributed by atoms with E-state index in [0.717, 1.165) is 43.3 Å². The van der Waals surface area contributed by atoms with Crippen LogP contribution in [0.15, 0.2) is 12.4 Å². The second-order valence-electron chi connectivity index (χ2n) is 5.20. The lowest BCUT2D eigenvalue weighted by molar-refractivity contribution is -0.138. The van der Waals surface area contributed by atoms with Crippen LogP contribution in [-0.4, -0.2) is 68.3 Å². The van der Waals surface area contributed by atoms with Crippen molar-refractivity contribution in [3.8, 4) is 0 Å². The van der Waals surface area contributed by atoms with Crippen molar-refractivity contribution in [3.63, 3.8) is 0 Å². The molecule has 1 saturated heterocycles. The molecule has 2 aromatic rings. The molecule has 21 heavy (non-hydrogen) atoms. The lowest BCUT2D eigenvalue weighted by Gasteiger charge is -2.22. The fraction of sp³-hybridized carbons (Fsp3) is 0.538. The quantitative estimate of drug-likeness (QED) is 0.853. The van der Waals surface area contributed by atoms with Gasteiger partial charge in [-0.2, -0.15) is 0 Å². The Hall–Kier alpha value is -2.22. The lowest BCUT2D eigenvalue weighted by atomic mass is 10.3. The summed E-state index contributed by atoms with van der Waals surface area (Å²) in [5.74, 6) is 0.864. The zero-order valence-corrected chi connectivity index (χ0v) is 11.9. The zero-order chi connectivity index (χ0) is 14.8. The molecule has 0 unspecified atom stereocenters. The second kappa shape index (κ2) is 5.65. The maximum absolute atomic E-state index is 10.8. The molecule has 0 spiro atoms. The number of fused-ring (bicyclic) bond motifs is 1. The lowest BCUT2D eigenvalue weighted by Crippen LogP contribution is -2.34. The third kappa shape index (κ3) is 2.80. The van der Waals surface area contributed by atoms with Crippen LogP contribution in [0.1, 0.15) is 12.2 Å². The zero-order valence-electron chi connectivity index (χ0n) is 11.9. The maximum Gasteiger partial charge on any atom is 0.317 e.